The third-order valence-corrected chi connectivity index (χ3v) is 4.81. The van der Waals surface area contributed by atoms with Gasteiger partial charge in [0, 0.05) is 17.2 Å². The Morgan fingerprint density at radius 1 is 1.00 bits per heavy atom. The van der Waals surface area contributed by atoms with Gasteiger partial charge >= 0.3 is 0 Å². The maximum absolute atomic E-state index is 2.36. The summed E-state index contributed by atoms with van der Waals surface area (Å²) in [4.78, 5) is 0. The number of hydrogen-bond donors (Lipinski definition) is 0. The van der Waals surface area contributed by atoms with Crippen LogP contribution in [0.2, 0.25) is 0 Å². The molecule has 1 nitrogen and oxygen atoms in total. The molecule has 0 saturated heterocycles. The van der Waals surface area contributed by atoms with Gasteiger partial charge in [-0.2, -0.15) is 0 Å². The molecule has 2 aromatic rings. The first-order valence-corrected chi connectivity index (χ1v) is 7.58. The average Bonchev–Trinajstić information content (AvgIpc) is 2.47. The molecule has 0 radical (unpaired) electrons. The van der Waals surface area contributed by atoms with E-state index in [0.717, 1.165) is 0 Å². The van der Waals surface area contributed by atoms with Crippen LogP contribution in [0.3, 0.4) is 0 Å². The molecule has 0 N–H and O–H groups in total. The van der Waals surface area contributed by atoms with Gasteiger partial charge in [-0.15, -0.1) is 0 Å². The molecule has 1 aromatic heterocycles. The van der Waals surface area contributed by atoms with Crippen LogP contribution in [0, 0.1) is 6.92 Å². The second-order valence-electron chi connectivity index (χ2n) is 6.00. The summed E-state index contributed by atoms with van der Waals surface area (Å²) < 4.78 is 2.27. The van der Waals surface area contributed by atoms with Gasteiger partial charge in [0.1, 0.15) is 7.05 Å². The van der Waals surface area contributed by atoms with Gasteiger partial charge in [0.05, 0.1) is 0 Å². The minimum absolute atomic E-state index is 0.280. The van der Waals surface area contributed by atoms with Crippen molar-refractivity contribution >= 4 is 0 Å². The smallest absolute Gasteiger partial charge is 0.201 e. The molecule has 0 unspecified atom stereocenters. The Kier molecular flexibility index (Phi) is 4.27. The molecule has 106 valence electrons. The lowest BCUT2D eigenvalue weighted by Gasteiger charge is -2.26. The minimum atomic E-state index is 0.280. The Morgan fingerprint density at radius 2 is 1.65 bits per heavy atom. The van der Waals surface area contributed by atoms with Gasteiger partial charge in [0.15, 0.2) is 6.20 Å². The highest BCUT2D eigenvalue weighted by Gasteiger charge is 2.25. The molecule has 0 bridgehead atoms. The summed E-state index contributed by atoms with van der Waals surface area (Å²) in [5, 5.41) is 0. The van der Waals surface area contributed by atoms with E-state index in [-0.39, 0.29) is 5.41 Å². The van der Waals surface area contributed by atoms with Crippen molar-refractivity contribution in [1.29, 1.82) is 0 Å². The molecule has 1 heteroatoms. The Hall–Kier alpha value is -1.63. The predicted octanol–water partition coefficient (Wildman–Crippen LogP) is 4.56. The number of aromatic nitrogens is 1. The zero-order valence-corrected chi connectivity index (χ0v) is 13.4. The molecular weight excluding hydrogens is 242 g/mol. The normalized spacial score (nSPS) is 11.7. The number of benzene rings is 1. The highest BCUT2D eigenvalue weighted by molar-refractivity contribution is 5.60. The molecule has 0 aliphatic rings. The monoisotopic (exact) mass is 268 g/mol. The molecular formula is C19H26N+. The fourth-order valence-electron chi connectivity index (χ4n) is 2.76. The number of hydrogen-bond acceptors (Lipinski definition) is 0. The molecule has 0 saturated carbocycles. The standard InChI is InChI=1S/C19H26N/c1-6-19(4,7-2)16-12-13-18(20(5)14-16)17-11-9-8-10-15(17)3/h8-14H,6-7H2,1-5H3/q+1. The van der Waals surface area contributed by atoms with Crippen molar-refractivity contribution in [3.05, 3.63) is 53.7 Å². The van der Waals surface area contributed by atoms with Crippen LogP contribution in [-0.4, -0.2) is 0 Å². The maximum atomic E-state index is 2.36. The van der Waals surface area contributed by atoms with Gasteiger partial charge in [0.2, 0.25) is 5.69 Å². The molecule has 20 heavy (non-hydrogen) atoms. The van der Waals surface area contributed by atoms with Crippen molar-refractivity contribution in [2.45, 2.75) is 46.0 Å². The van der Waals surface area contributed by atoms with Crippen molar-refractivity contribution in [3.8, 4) is 11.3 Å². The van der Waals surface area contributed by atoms with E-state index >= 15 is 0 Å². The van der Waals surface area contributed by atoms with Crippen LogP contribution in [0.4, 0.5) is 0 Å². The van der Waals surface area contributed by atoms with Crippen LogP contribution < -0.4 is 4.57 Å². The molecule has 0 atom stereocenters. The van der Waals surface area contributed by atoms with E-state index in [2.05, 4.69) is 81.9 Å². The van der Waals surface area contributed by atoms with Crippen LogP contribution in [0.15, 0.2) is 42.6 Å². The van der Waals surface area contributed by atoms with Gasteiger partial charge in [-0.05, 0) is 42.9 Å². The van der Waals surface area contributed by atoms with Gasteiger partial charge in [0.25, 0.3) is 0 Å². The van der Waals surface area contributed by atoms with E-state index in [1.165, 1.54) is 35.2 Å². The molecule has 0 spiro atoms. The summed E-state index contributed by atoms with van der Waals surface area (Å²) in [5.41, 5.74) is 5.63. The van der Waals surface area contributed by atoms with Crippen molar-refractivity contribution in [2.24, 2.45) is 7.05 Å². The zero-order chi connectivity index (χ0) is 14.8. The van der Waals surface area contributed by atoms with Gasteiger partial charge < -0.3 is 0 Å². The lowest BCUT2D eigenvalue weighted by molar-refractivity contribution is -0.661. The molecule has 0 amide bonds. The Morgan fingerprint density at radius 3 is 2.20 bits per heavy atom. The first kappa shape index (κ1) is 14.8. The lowest BCUT2D eigenvalue weighted by Crippen LogP contribution is -2.34. The largest absolute Gasteiger partial charge is 0.212 e. The third kappa shape index (κ3) is 2.63. The first-order valence-electron chi connectivity index (χ1n) is 7.58. The highest BCUT2D eigenvalue weighted by atomic mass is 14.9. The second-order valence-corrected chi connectivity index (χ2v) is 6.00. The number of aryl methyl sites for hydroxylation is 2. The number of nitrogens with zero attached hydrogens (tertiary/aromatic N) is 1. The summed E-state index contributed by atoms with van der Waals surface area (Å²) in [5.74, 6) is 0. The van der Waals surface area contributed by atoms with E-state index in [1.54, 1.807) is 0 Å². The molecule has 2 rings (SSSR count). The Labute approximate surface area is 123 Å². The molecule has 1 aromatic carbocycles. The van der Waals surface area contributed by atoms with E-state index in [1.807, 2.05) is 0 Å². The van der Waals surface area contributed by atoms with Gasteiger partial charge in [-0.1, -0.05) is 39.0 Å². The van der Waals surface area contributed by atoms with Gasteiger partial charge in [-0.3, -0.25) is 0 Å². The average molecular weight is 268 g/mol. The van der Waals surface area contributed by atoms with Crippen LogP contribution >= 0.6 is 0 Å². The fourth-order valence-corrected chi connectivity index (χ4v) is 2.76. The summed E-state index contributed by atoms with van der Waals surface area (Å²) in [7, 11) is 2.15. The molecule has 0 fully saturated rings. The van der Waals surface area contributed by atoms with Gasteiger partial charge in [-0.25, -0.2) is 4.57 Å². The lowest BCUT2D eigenvalue weighted by atomic mass is 9.78. The summed E-state index contributed by atoms with van der Waals surface area (Å²) in [6.07, 6.45) is 4.65. The molecule has 0 aliphatic carbocycles. The van der Waals surface area contributed by atoms with Crippen molar-refractivity contribution in [2.75, 3.05) is 0 Å². The summed E-state index contributed by atoms with van der Waals surface area (Å²) in [6.45, 7) is 9.08. The van der Waals surface area contributed by atoms with Crippen LogP contribution in [0.5, 0.6) is 0 Å². The molecule has 1 heterocycles. The van der Waals surface area contributed by atoms with Crippen LogP contribution in [0.25, 0.3) is 11.3 Å². The minimum Gasteiger partial charge on any atom is -0.201 e. The van der Waals surface area contributed by atoms with E-state index in [9.17, 15) is 0 Å². The predicted molar refractivity (Wildman–Crippen MR) is 85.7 cm³/mol. The van der Waals surface area contributed by atoms with Crippen LogP contribution in [0.1, 0.15) is 44.7 Å². The second kappa shape index (κ2) is 5.78. The van der Waals surface area contributed by atoms with E-state index in [0.29, 0.717) is 0 Å². The Bertz CT molecular complexity index is 594. The Balaban J connectivity index is 2.49. The fraction of sp³-hybridized carbons (Fsp3) is 0.421. The van der Waals surface area contributed by atoms with E-state index in [4.69, 9.17) is 0 Å². The molecule has 0 aliphatic heterocycles. The highest BCUT2D eigenvalue weighted by Crippen LogP contribution is 2.31. The summed E-state index contributed by atoms with van der Waals surface area (Å²) in [6, 6.07) is 13.1. The number of rotatable bonds is 4. The quantitative estimate of drug-likeness (QED) is 0.715. The van der Waals surface area contributed by atoms with Crippen LogP contribution in [-0.2, 0) is 12.5 Å². The summed E-state index contributed by atoms with van der Waals surface area (Å²) >= 11 is 0. The SMILES string of the molecule is CCC(C)(CC)c1ccc(-c2ccccc2C)[n+](C)c1. The topological polar surface area (TPSA) is 3.88 Å². The van der Waals surface area contributed by atoms with Crippen molar-refractivity contribution < 1.29 is 4.57 Å². The maximum Gasteiger partial charge on any atom is 0.212 e. The van der Waals surface area contributed by atoms with E-state index < -0.39 is 0 Å². The third-order valence-electron chi connectivity index (χ3n) is 4.81. The number of pyridine rings is 1. The van der Waals surface area contributed by atoms with Crippen molar-refractivity contribution in [3.63, 3.8) is 0 Å². The van der Waals surface area contributed by atoms with Crippen molar-refractivity contribution in [1.82, 2.24) is 0 Å². The first-order chi connectivity index (χ1) is 9.51. The zero-order valence-electron chi connectivity index (χ0n) is 13.4.